The molecule has 0 radical (unpaired) electrons. The van der Waals surface area contributed by atoms with Crippen LogP contribution in [0.5, 0.6) is 5.75 Å². The monoisotopic (exact) mass is 251 g/mol. The number of phenols is 1. The summed E-state index contributed by atoms with van der Waals surface area (Å²) in [4.78, 5) is 0.0425. The third-order valence-corrected chi connectivity index (χ3v) is 3.33. The summed E-state index contributed by atoms with van der Waals surface area (Å²) in [6, 6.07) is 8.26. The predicted molar refractivity (Wildman–Crippen MR) is 60.9 cm³/mol. The summed E-state index contributed by atoms with van der Waals surface area (Å²) < 4.78 is 26.0. The van der Waals surface area contributed by atoms with Crippen molar-refractivity contribution in [3.05, 3.63) is 42.6 Å². The smallest absolute Gasteiger partial charge is 0.263 e. The van der Waals surface area contributed by atoms with Crippen LogP contribution in [0, 0.1) is 0 Å². The van der Waals surface area contributed by atoms with E-state index in [9.17, 15) is 8.42 Å². The van der Waals surface area contributed by atoms with Crippen molar-refractivity contribution in [2.75, 3.05) is 4.72 Å². The van der Waals surface area contributed by atoms with Crippen molar-refractivity contribution in [1.82, 2.24) is 10.2 Å². The molecule has 0 fully saturated rings. The zero-order valence-electron chi connectivity index (χ0n) is 8.61. The van der Waals surface area contributed by atoms with Crippen molar-refractivity contribution in [2.24, 2.45) is 0 Å². The second kappa shape index (κ2) is 4.38. The van der Waals surface area contributed by atoms with Gasteiger partial charge in [-0.3, -0.25) is 4.72 Å². The summed E-state index contributed by atoms with van der Waals surface area (Å²) >= 11 is 0. The highest BCUT2D eigenvalue weighted by Gasteiger charge is 2.14. The fraction of sp³-hybridized carbons (Fsp3) is 0. The molecule has 0 bridgehead atoms. The van der Waals surface area contributed by atoms with Crippen LogP contribution in [-0.2, 0) is 10.0 Å². The summed E-state index contributed by atoms with van der Waals surface area (Å²) in [6.45, 7) is 0. The van der Waals surface area contributed by atoms with Gasteiger partial charge in [0.25, 0.3) is 10.0 Å². The number of aromatic nitrogens is 2. The van der Waals surface area contributed by atoms with Crippen LogP contribution in [0.1, 0.15) is 0 Å². The molecule has 0 aliphatic heterocycles. The van der Waals surface area contributed by atoms with Gasteiger partial charge in [-0.15, -0.1) is 5.10 Å². The van der Waals surface area contributed by atoms with Crippen molar-refractivity contribution >= 4 is 15.8 Å². The molecule has 1 aromatic carbocycles. The van der Waals surface area contributed by atoms with Gasteiger partial charge in [0, 0.05) is 6.20 Å². The molecule has 0 aliphatic carbocycles. The molecule has 17 heavy (non-hydrogen) atoms. The molecule has 7 heteroatoms. The Morgan fingerprint density at radius 2 is 1.82 bits per heavy atom. The first kappa shape index (κ1) is 11.3. The number of rotatable bonds is 3. The van der Waals surface area contributed by atoms with Gasteiger partial charge in [0.15, 0.2) is 5.82 Å². The molecule has 1 heterocycles. The van der Waals surface area contributed by atoms with E-state index in [0.717, 1.165) is 0 Å². The van der Waals surface area contributed by atoms with E-state index in [0.29, 0.717) is 0 Å². The van der Waals surface area contributed by atoms with Crippen LogP contribution in [-0.4, -0.2) is 23.7 Å². The van der Waals surface area contributed by atoms with E-state index in [1.54, 1.807) is 6.07 Å². The average molecular weight is 251 g/mol. The second-order valence-corrected chi connectivity index (χ2v) is 4.89. The average Bonchev–Trinajstić information content (AvgIpc) is 2.30. The Labute approximate surface area is 98.0 Å². The molecule has 0 aliphatic rings. The maximum Gasteiger partial charge on any atom is 0.263 e. The Hall–Kier alpha value is -2.15. The standard InChI is InChI=1S/C10H9N3O3S/c14-8-3-5-9(6-4-8)17(15,16)13-10-2-1-7-11-12-10/h1-7,14H,(H,12,13). The number of sulfonamides is 1. The van der Waals surface area contributed by atoms with Gasteiger partial charge in [-0.1, -0.05) is 0 Å². The molecule has 0 amide bonds. The Balaban J connectivity index is 2.29. The Morgan fingerprint density at radius 3 is 2.41 bits per heavy atom. The van der Waals surface area contributed by atoms with Crippen LogP contribution in [0.2, 0.25) is 0 Å². The number of phenolic OH excluding ortho intramolecular Hbond substituents is 1. The maximum atomic E-state index is 11.9. The van der Waals surface area contributed by atoms with Crippen LogP contribution < -0.4 is 4.72 Å². The van der Waals surface area contributed by atoms with E-state index in [1.165, 1.54) is 36.5 Å². The van der Waals surface area contributed by atoms with Gasteiger partial charge in [0.1, 0.15) is 5.75 Å². The molecule has 0 unspecified atom stereocenters. The third-order valence-electron chi connectivity index (χ3n) is 1.96. The van der Waals surface area contributed by atoms with Crippen LogP contribution in [0.15, 0.2) is 47.5 Å². The van der Waals surface area contributed by atoms with Crippen molar-refractivity contribution in [3.63, 3.8) is 0 Å². The fourth-order valence-electron chi connectivity index (χ4n) is 1.18. The van der Waals surface area contributed by atoms with E-state index in [4.69, 9.17) is 5.11 Å². The highest BCUT2D eigenvalue weighted by molar-refractivity contribution is 7.92. The van der Waals surface area contributed by atoms with E-state index < -0.39 is 10.0 Å². The van der Waals surface area contributed by atoms with Crippen LogP contribution >= 0.6 is 0 Å². The number of aromatic hydroxyl groups is 1. The largest absolute Gasteiger partial charge is 0.508 e. The molecule has 0 saturated heterocycles. The number of anilines is 1. The second-order valence-electron chi connectivity index (χ2n) is 3.21. The van der Waals surface area contributed by atoms with E-state index >= 15 is 0 Å². The Morgan fingerprint density at radius 1 is 1.12 bits per heavy atom. The van der Waals surface area contributed by atoms with Crippen LogP contribution in [0.3, 0.4) is 0 Å². The molecule has 2 aromatic rings. The van der Waals surface area contributed by atoms with Gasteiger partial charge < -0.3 is 5.11 Å². The normalized spacial score (nSPS) is 11.1. The predicted octanol–water partition coefficient (Wildman–Crippen LogP) is 0.983. The zero-order chi connectivity index (χ0) is 12.3. The molecule has 0 saturated carbocycles. The lowest BCUT2D eigenvalue weighted by molar-refractivity contribution is 0.475. The lowest BCUT2D eigenvalue weighted by Crippen LogP contribution is -2.13. The van der Waals surface area contributed by atoms with E-state index in [2.05, 4.69) is 14.9 Å². The van der Waals surface area contributed by atoms with Gasteiger partial charge in [-0.25, -0.2) is 8.42 Å². The van der Waals surface area contributed by atoms with Gasteiger partial charge in [0.2, 0.25) is 0 Å². The number of nitrogens with one attached hydrogen (secondary N) is 1. The SMILES string of the molecule is O=S(=O)(Nc1cccnn1)c1ccc(O)cc1. The fourth-order valence-corrected chi connectivity index (χ4v) is 2.17. The number of hydrogen-bond acceptors (Lipinski definition) is 5. The van der Waals surface area contributed by atoms with Gasteiger partial charge in [0.05, 0.1) is 4.90 Å². The van der Waals surface area contributed by atoms with Crippen LogP contribution in [0.25, 0.3) is 0 Å². The molecule has 2 rings (SSSR count). The number of benzene rings is 1. The zero-order valence-corrected chi connectivity index (χ0v) is 9.42. The minimum Gasteiger partial charge on any atom is -0.508 e. The first-order valence-corrected chi connectivity index (χ1v) is 6.16. The highest BCUT2D eigenvalue weighted by Crippen LogP contribution is 2.16. The van der Waals surface area contributed by atoms with E-state index in [-0.39, 0.29) is 16.5 Å². The first-order chi connectivity index (χ1) is 8.08. The molecular formula is C10H9N3O3S. The highest BCUT2D eigenvalue weighted by atomic mass is 32.2. The minimum atomic E-state index is -3.69. The van der Waals surface area contributed by atoms with Crippen molar-refractivity contribution in [3.8, 4) is 5.75 Å². The lowest BCUT2D eigenvalue weighted by atomic mass is 10.3. The molecule has 1 aromatic heterocycles. The van der Waals surface area contributed by atoms with Crippen LogP contribution in [0.4, 0.5) is 5.82 Å². The summed E-state index contributed by atoms with van der Waals surface area (Å²) in [5.74, 6) is 0.143. The molecule has 6 nitrogen and oxygen atoms in total. The maximum absolute atomic E-state index is 11.9. The molecule has 88 valence electrons. The summed E-state index contributed by atoms with van der Waals surface area (Å²) in [5.41, 5.74) is 0. The number of nitrogens with zero attached hydrogens (tertiary/aromatic N) is 2. The molecule has 0 spiro atoms. The first-order valence-electron chi connectivity index (χ1n) is 4.67. The lowest BCUT2D eigenvalue weighted by Gasteiger charge is -2.06. The quantitative estimate of drug-likeness (QED) is 0.848. The summed E-state index contributed by atoms with van der Waals surface area (Å²) in [7, 11) is -3.69. The summed E-state index contributed by atoms with van der Waals surface area (Å²) in [5, 5.41) is 16.3. The topological polar surface area (TPSA) is 92.2 Å². The number of hydrogen-bond donors (Lipinski definition) is 2. The van der Waals surface area contributed by atoms with Gasteiger partial charge >= 0.3 is 0 Å². The molecule has 0 atom stereocenters. The third kappa shape index (κ3) is 2.70. The Kier molecular flexibility index (Phi) is 2.92. The Bertz CT molecular complexity index is 596. The van der Waals surface area contributed by atoms with Crippen molar-refractivity contribution in [1.29, 1.82) is 0 Å². The summed E-state index contributed by atoms with van der Waals surface area (Å²) in [6.07, 6.45) is 1.44. The van der Waals surface area contributed by atoms with Gasteiger partial charge in [-0.05, 0) is 36.4 Å². The molecular weight excluding hydrogens is 242 g/mol. The van der Waals surface area contributed by atoms with E-state index in [1.807, 2.05) is 0 Å². The molecule has 2 N–H and O–H groups in total. The van der Waals surface area contributed by atoms with Gasteiger partial charge in [-0.2, -0.15) is 5.10 Å². The van der Waals surface area contributed by atoms with Crippen molar-refractivity contribution in [2.45, 2.75) is 4.90 Å². The van der Waals surface area contributed by atoms with Crippen molar-refractivity contribution < 1.29 is 13.5 Å². The minimum absolute atomic E-state index is 0.00320.